The van der Waals surface area contributed by atoms with Gasteiger partial charge in [-0.3, -0.25) is 9.78 Å². The van der Waals surface area contributed by atoms with Gasteiger partial charge in [-0.05, 0) is 64.4 Å². The van der Waals surface area contributed by atoms with Crippen LogP contribution in [0.2, 0.25) is 5.02 Å². The van der Waals surface area contributed by atoms with Crippen molar-refractivity contribution in [3.05, 3.63) is 53.3 Å². The molecule has 0 fully saturated rings. The van der Waals surface area contributed by atoms with E-state index >= 15 is 0 Å². The van der Waals surface area contributed by atoms with Crippen molar-refractivity contribution in [1.29, 1.82) is 0 Å². The maximum absolute atomic E-state index is 13.2. The zero-order chi connectivity index (χ0) is 24.4. The summed E-state index contributed by atoms with van der Waals surface area (Å²) in [6.45, 7) is 8.73. The molecule has 2 N–H and O–H groups in total. The SMILES string of the molecule is CC(C)N(CCCNS(=O)(=O)C(C)C)C(=O)c1cc(Cl)cc(OCCNc2ccncc2)c1. The molecule has 8 nitrogen and oxygen atoms in total. The quantitative estimate of drug-likeness (QED) is 0.409. The highest BCUT2D eigenvalue weighted by Crippen LogP contribution is 2.23. The van der Waals surface area contributed by atoms with Gasteiger partial charge in [-0.15, -0.1) is 0 Å². The second-order valence-corrected chi connectivity index (χ2v) is 10.9. The normalized spacial score (nSPS) is 11.6. The molecule has 10 heteroatoms. The molecule has 0 saturated heterocycles. The van der Waals surface area contributed by atoms with E-state index in [1.807, 2.05) is 26.0 Å². The molecule has 0 aliphatic rings. The van der Waals surface area contributed by atoms with Crippen LogP contribution in [0.25, 0.3) is 0 Å². The van der Waals surface area contributed by atoms with Gasteiger partial charge in [-0.1, -0.05) is 11.6 Å². The first-order valence-electron chi connectivity index (χ1n) is 11.0. The summed E-state index contributed by atoms with van der Waals surface area (Å²) in [6.07, 6.45) is 3.91. The van der Waals surface area contributed by atoms with E-state index < -0.39 is 15.3 Å². The second kappa shape index (κ2) is 12.8. The van der Waals surface area contributed by atoms with Crippen molar-refractivity contribution in [1.82, 2.24) is 14.6 Å². The first kappa shape index (κ1) is 26.9. The lowest BCUT2D eigenvalue weighted by molar-refractivity contribution is 0.0704. The fraction of sp³-hybridized carbons (Fsp3) is 0.478. The first-order chi connectivity index (χ1) is 15.6. The number of ether oxygens (including phenoxy) is 1. The van der Waals surface area contributed by atoms with E-state index in [4.69, 9.17) is 16.3 Å². The molecule has 0 spiro atoms. The minimum absolute atomic E-state index is 0.0629. The maximum atomic E-state index is 13.2. The lowest BCUT2D eigenvalue weighted by Crippen LogP contribution is -2.39. The summed E-state index contributed by atoms with van der Waals surface area (Å²) >= 11 is 6.24. The summed E-state index contributed by atoms with van der Waals surface area (Å²) in [7, 11) is -3.32. The fourth-order valence-corrected chi connectivity index (χ4v) is 3.98. The maximum Gasteiger partial charge on any atom is 0.254 e. The molecule has 182 valence electrons. The Kier molecular flexibility index (Phi) is 10.4. The van der Waals surface area contributed by atoms with Crippen LogP contribution in [-0.4, -0.2) is 61.7 Å². The molecule has 0 bridgehead atoms. The Bertz CT molecular complexity index is 1000. The molecular formula is C23H33ClN4O4S. The van der Waals surface area contributed by atoms with Crippen molar-refractivity contribution in [2.75, 3.05) is 31.6 Å². The number of amides is 1. The highest BCUT2D eigenvalue weighted by atomic mass is 35.5. The van der Waals surface area contributed by atoms with E-state index in [0.29, 0.717) is 42.5 Å². The van der Waals surface area contributed by atoms with Gasteiger partial charge in [0.25, 0.3) is 5.91 Å². The topological polar surface area (TPSA) is 101 Å². The van der Waals surface area contributed by atoms with Crippen molar-refractivity contribution < 1.29 is 17.9 Å². The molecule has 0 radical (unpaired) electrons. The smallest absolute Gasteiger partial charge is 0.254 e. The van der Waals surface area contributed by atoms with E-state index in [9.17, 15) is 13.2 Å². The van der Waals surface area contributed by atoms with Gasteiger partial charge in [-0.2, -0.15) is 0 Å². The van der Waals surface area contributed by atoms with Crippen LogP contribution >= 0.6 is 11.6 Å². The number of carbonyl (C=O) groups is 1. The van der Waals surface area contributed by atoms with E-state index in [1.54, 1.807) is 49.3 Å². The van der Waals surface area contributed by atoms with Gasteiger partial charge < -0.3 is 15.0 Å². The number of hydrogen-bond donors (Lipinski definition) is 2. The number of sulfonamides is 1. The van der Waals surface area contributed by atoms with Crippen LogP contribution in [0.5, 0.6) is 5.75 Å². The Morgan fingerprint density at radius 3 is 2.45 bits per heavy atom. The van der Waals surface area contributed by atoms with Crippen molar-refractivity contribution >= 4 is 33.2 Å². The van der Waals surface area contributed by atoms with Crippen LogP contribution in [0.1, 0.15) is 44.5 Å². The van der Waals surface area contributed by atoms with Crippen LogP contribution < -0.4 is 14.8 Å². The number of aromatic nitrogens is 1. The summed E-state index contributed by atoms with van der Waals surface area (Å²) in [5.74, 6) is 0.328. The number of benzene rings is 1. The first-order valence-corrected chi connectivity index (χ1v) is 12.9. The third-order valence-corrected chi connectivity index (χ3v) is 6.95. The number of halogens is 1. The average molecular weight is 497 g/mol. The van der Waals surface area contributed by atoms with Gasteiger partial charge in [0.05, 0.1) is 5.25 Å². The zero-order valence-corrected chi connectivity index (χ0v) is 21.1. The van der Waals surface area contributed by atoms with Crippen LogP contribution in [0, 0.1) is 0 Å². The number of nitrogens with one attached hydrogen (secondary N) is 2. The highest BCUT2D eigenvalue weighted by molar-refractivity contribution is 7.90. The Hall–Kier alpha value is -2.36. The number of rotatable bonds is 13. The Morgan fingerprint density at radius 2 is 1.82 bits per heavy atom. The molecule has 2 aromatic rings. The van der Waals surface area contributed by atoms with Crippen molar-refractivity contribution in [2.45, 2.75) is 45.4 Å². The summed E-state index contributed by atoms with van der Waals surface area (Å²) in [5.41, 5.74) is 1.37. The standard InChI is InChI=1S/C23H33ClN4O4S/c1-17(2)28(12-5-8-27-33(30,31)18(3)4)23(29)19-14-20(24)16-22(15-19)32-13-11-26-21-6-9-25-10-7-21/h6-7,9-10,14-18,27H,5,8,11-13H2,1-4H3,(H,25,26). The van der Waals surface area contributed by atoms with E-state index in [2.05, 4.69) is 15.0 Å². The van der Waals surface area contributed by atoms with Gasteiger partial charge in [0, 0.05) is 54.3 Å². The minimum Gasteiger partial charge on any atom is -0.492 e. The van der Waals surface area contributed by atoms with Gasteiger partial charge in [0.2, 0.25) is 10.0 Å². The molecule has 0 aliphatic carbocycles. The average Bonchev–Trinajstić information content (AvgIpc) is 2.76. The predicted octanol–water partition coefficient (Wildman–Crippen LogP) is 3.79. The van der Waals surface area contributed by atoms with Crippen LogP contribution in [-0.2, 0) is 10.0 Å². The molecule has 0 aliphatic heterocycles. The number of carbonyl (C=O) groups excluding carboxylic acids is 1. The third-order valence-electron chi connectivity index (χ3n) is 4.88. The second-order valence-electron chi connectivity index (χ2n) is 8.12. The van der Waals surface area contributed by atoms with Crippen LogP contribution in [0.3, 0.4) is 0 Å². The van der Waals surface area contributed by atoms with Crippen molar-refractivity contribution in [3.8, 4) is 5.75 Å². The van der Waals surface area contributed by atoms with E-state index in [1.165, 1.54) is 0 Å². The van der Waals surface area contributed by atoms with E-state index in [-0.39, 0.29) is 18.5 Å². The van der Waals surface area contributed by atoms with Gasteiger partial charge in [-0.25, -0.2) is 13.1 Å². The minimum atomic E-state index is -3.32. The summed E-state index contributed by atoms with van der Waals surface area (Å²) in [5, 5.41) is 3.14. The molecule has 1 aromatic heterocycles. The molecule has 1 heterocycles. The van der Waals surface area contributed by atoms with E-state index in [0.717, 1.165) is 5.69 Å². The lowest BCUT2D eigenvalue weighted by Gasteiger charge is -2.27. The molecule has 1 aromatic carbocycles. The van der Waals surface area contributed by atoms with Gasteiger partial charge >= 0.3 is 0 Å². The predicted molar refractivity (Wildman–Crippen MR) is 133 cm³/mol. The van der Waals surface area contributed by atoms with Gasteiger partial charge in [0.1, 0.15) is 12.4 Å². The molecular weight excluding hydrogens is 464 g/mol. The lowest BCUT2D eigenvalue weighted by atomic mass is 10.1. The number of anilines is 1. The zero-order valence-electron chi connectivity index (χ0n) is 19.5. The molecule has 0 saturated carbocycles. The monoisotopic (exact) mass is 496 g/mol. The van der Waals surface area contributed by atoms with Crippen LogP contribution in [0.15, 0.2) is 42.7 Å². The molecule has 2 rings (SSSR count). The molecule has 1 amide bonds. The summed E-state index contributed by atoms with van der Waals surface area (Å²) in [6, 6.07) is 8.63. The third kappa shape index (κ3) is 8.83. The van der Waals surface area contributed by atoms with Crippen molar-refractivity contribution in [3.63, 3.8) is 0 Å². The largest absolute Gasteiger partial charge is 0.492 e. The molecule has 33 heavy (non-hydrogen) atoms. The Labute approximate surface area is 201 Å². The van der Waals surface area contributed by atoms with Crippen molar-refractivity contribution in [2.24, 2.45) is 0 Å². The van der Waals surface area contributed by atoms with Gasteiger partial charge in [0.15, 0.2) is 0 Å². The molecule has 0 atom stereocenters. The number of hydrogen-bond acceptors (Lipinski definition) is 6. The fourth-order valence-electron chi connectivity index (χ4n) is 2.99. The summed E-state index contributed by atoms with van der Waals surface area (Å²) in [4.78, 5) is 18.8. The van der Waals surface area contributed by atoms with Crippen LogP contribution in [0.4, 0.5) is 5.69 Å². The number of pyridine rings is 1. The number of nitrogens with zero attached hydrogens (tertiary/aromatic N) is 2. The summed E-state index contributed by atoms with van der Waals surface area (Å²) < 4.78 is 32.2. The Balaban J connectivity index is 1.95. The molecule has 0 unspecified atom stereocenters. The Morgan fingerprint density at radius 1 is 1.12 bits per heavy atom. The highest BCUT2D eigenvalue weighted by Gasteiger charge is 2.21.